The van der Waals surface area contributed by atoms with Crippen molar-refractivity contribution in [3.63, 3.8) is 0 Å². The van der Waals surface area contributed by atoms with Gasteiger partial charge in [-0.05, 0) is 79.3 Å². The number of nitrogens with one attached hydrogen (secondary N) is 1. The molecule has 1 amide bonds. The van der Waals surface area contributed by atoms with Gasteiger partial charge in [0.1, 0.15) is 4.83 Å². The number of benzene rings is 1. The van der Waals surface area contributed by atoms with Crippen molar-refractivity contribution in [2.24, 2.45) is 11.3 Å². The quantitative estimate of drug-likeness (QED) is 0.348. The van der Waals surface area contributed by atoms with E-state index in [1.165, 1.54) is 22.6 Å². The van der Waals surface area contributed by atoms with Crippen LogP contribution in [0.5, 0.6) is 0 Å². The molecule has 5 rings (SSSR count). The lowest BCUT2D eigenvalue weighted by atomic mass is 9.71. The SMILES string of the molecule is CCOC(=O)c1ccc([C@@H](CCN2CCOCC2)NC(=O)c2cc3cc4c(nc3s2)CCC(C(C)(C)C)C4)cc1. The Kier molecular flexibility index (Phi) is 8.88. The Morgan fingerprint density at radius 1 is 1.18 bits per heavy atom. The smallest absolute Gasteiger partial charge is 0.338 e. The van der Waals surface area contributed by atoms with Crippen molar-refractivity contribution < 1.29 is 19.1 Å². The topological polar surface area (TPSA) is 80.8 Å². The zero-order valence-corrected chi connectivity index (χ0v) is 24.9. The first kappa shape index (κ1) is 28.7. The van der Waals surface area contributed by atoms with Gasteiger partial charge in [0.15, 0.2) is 0 Å². The number of pyridine rings is 1. The lowest BCUT2D eigenvalue weighted by molar-refractivity contribution is 0.0360. The van der Waals surface area contributed by atoms with Crippen LogP contribution in [0.25, 0.3) is 10.2 Å². The molecule has 1 aromatic carbocycles. The number of aryl methyl sites for hydroxylation is 1. The molecule has 1 saturated heterocycles. The molecule has 7 nitrogen and oxygen atoms in total. The number of carbonyl (C=O) groups is 2. The van der Waals surface area contributed by atoms with Crippen LogP contribution in [0.4, 0.5) is 0 Å². The largest absolute Gasteiger partial charge is 0.462 e. The number of morpholine rings is 1. The van der Waals surface area contributed by atoms with Gasteiger partial charge in [-0.25, -0.2) is 9.78 Å². The first-order chi connectivity index (χ1) is 19.2. The Labute approximate surface area is 241 Å². The van der Waals surface area contributed by atoms with Crippen molar-refractivity contribution >= 4 is 33.4 Å². The van der Waals surface area contributed by atoms with Crippen molar-refractivity contribution in [1.29, 1.82) is 0 Å². The average molecular weight is 564 g/mol. The van der Waals surface area contributed by atoms with Crippen molar-refractivity contribution in [3.05, 3.63) is 63.7 Å². The molecule has 3 aromatic rings. The van der Waals surface area contributed by atoms with Gasteiger partial charge in [-0.2, -0.15) is 0 Å². The van der Waals surface area contributed by atoms with Crippen molar-refractivity contribution in [1.82, 2.24) is 15.2 Å². The lowest BCUT2D eigenvalue weighted by Crippen LogP contribution is -2.39. The second kappa shape index (κ2) is 12.4. The molecule has 1 aliphatic carbocycles. The van der Waals surface area contributed by atoms with E-state index in [9.17, 15) is 9.59 Å². The molecule has 3 heterocycles. The number of thiophene rings is 1. The molecule has 0 saturated carbocycles. The minimum absolute atomic E-state index is 0.0880. The Bertz CT molecular complexity index is 1340. The monoisotopic (exact) mass is 563 g/mol. The van der Waals surface area contributed by atoms with Gasteiger partial charge < -0.3 is 14.8 Å². The zero-order valence-electron chi connectivity index (χ0n) is 24.1. The number of fused-ring (bicyclic) bond motifs is 2. The van der Waals surface area contributed by atoms with Crippen LogP contribution in [0.3, 0.4) is 0 Å². The standard InChI is InChI=1S/C32H41N3O4S/c1-5-39-31(37)22-8-6-21(7-9-22)27(12-13-35-14-16-38-17-15-35)33-29(36)28-20-24-18-23-19-25(32(2,3)4)10-11-26(23)34-30(24)40-28/h6-9,18,20,25,27H,5,10-17,19H2,1-4H3,(H,33,36)/t25?,27-/m1/s1. The van der Waals surface area contributed by atoms with Gasteiger partial charge in [0, 0.05) is 30.7 Å². The molecule has 1 fully saturated rings. The molecule has 1 unspecified atom stereocenters. The summed E-state index contributed by atoms with van der Waals surface area (Å²) in [5.74, 6) is 0.218. The molecule has 40 heavy (non-hydrogen) atoms. The third-order valence-electron chi connectivity index (χ3n) is 8.29. The number of aromatic nitrogens is 1. The summed E-state index contributed by atoms with van der Waals surface area (Å²) in [6.45, 7) is 13.2. The van der Waals surface area contributed by atoms with Crippen LogP contribution < -0.4 is 5.32 Å². The second-order valence-corrected chi connectivity index (χ2v) is 13.0. The van der Waals surface area contributed by atoms with Crippen LogP contribution in [-0.2, 0) is 22.3 Å². The maximum Gasteiger partial charge on any atom is 0.338 e. The average Bonchev–Trinajstić information content (AvgIpc) is 3.37. The van der Waals surface area contributed by atoms with Gasteiger partial charge in [0.05, 0.1) is 36.3 Å². The van der Waals surface area contributed by atoms with Gasteiger partial charge in [-0.1, -0.05) is 32.9 Å². The van der Waals surface area contributed by atoms with E-state index in [2.05, 4.69) is 37.1 Å². The molecule has 2 aliphatic rings. The highest BCUT2D eigenvalue weighted by Gasteiger charge is 2.30. The van der Waals surface area contributed by atoms with E-state index in [1.807, 2.05) is 18.2 Å². The van der Waals surface area contributed by atoms with Gasteiger partial charge in [-0.3, -0.25) is 9.69 Å². The molecular weight excluding hydrogens is 522 g/mol. The number of hydrogen-bond acceptors (Lipinski definition) is 7. The number of nitrogens with zero attached hydrogens (tertiary/aromatic N) is 2. The maximum absolute atomic E-state index is 13.6. The lowest BCUT2D eigenvalue weighted by Gasteiger charge is -2.34. The molecule has 1 N–H and O–H groups in total. The summed E-state index contributed by atoms with van der Waals surface area (Å²) in [6, 6.07) is 11.5. The van der Waals surface area contributed by atoms with Crippen molar-refractivity contribution in [2.75, 3.05) is 39.5 Å². The van der Waals surface area contributed by atoms with Gasteiger partial charge in [0.2, 0.25) is 0 Å². The summed E-state index contributed by atoms with van der Waals surface area (Å²) in [4.78, 5) is 34.7. The summed E-state index contributed by atoms with van der Waals surface area (Å²) in [6.07, 6.45) is 3.96. The minimum Gasteiger partial charge on any atom is -0.462 e. The van der Waals surface area contributed by atoms with E-state index in [1.54, 1.807) is 19.1 Å². The fraction of sp³-hybridized carbons (Fsp3) is 0.531. The first-order valence-electron chi connectivity index (χ1n) is 14.5. The molecule has 1 aliphatic heterocycles. The van der Waals surface area contributed by atoms with E-state index in [0.29, 0.717) is 23.0 Å². The Morgan fingerprint density at radius 3 is 2.62 bits per heavy atom. The van der Waals surface area contributed by atoms with E-state index < -0.39 is 0 Å². The third-order valence-corrected chi connectivity index (χ3v) is 9.33. The summed E-state index contributed by atoms with van der Waals surface area (Å²) in [7, 11) is 0. The molecule has 0 bridgehead atoms. The van der Waals surface area contributed by atoms with E-state index in [0.717, 1.165) is 74.3 Å². The number of hydrogen-bond donors (Lipinski definition) is 1. The maximum atomic E-state index is 13.6. The predicted molar refractivity (Wildman–Crippen MR) is 159 cm³/mol. The highest BCUT2D eigenvalue weighted by molar-refractivity contribution is 7.20. The van der Waals surface area contributed by atoms with Crippen molar-refractivity contribution in [2.45, 2.75) is 59.4 Å². The Morgan fingerprint density at radius 2 is 1.93 bits per heavy atom. The van der Waals surface area contributed by atoms with Crippen LogP contribution in [0, 0.1) is 11.3 Å². The number of carbonyl (C=O) groups excluding carboxylic acids is 2. The van der Waals surface area contributed by atoms with Crippen LogP contribution >= 0.6 is 11.3 Å². The normalized spacial score (nSPS) is 18.8. The number of rotatable bonds is 8. The number of amides is 1. The van der Waals surface area contributed by atoms with Crippen LogP contribution in [0.1, 0.15) is 83.4 Å². The number of ether oxygens (including phenoxy) is 2. The van der Waals surface area contributed by atoms with Crippen LogP contribution in [0.15, 0.2) is 36.4 Å². The Hall–Kier alpha value is -2.81. The van der Waals surface area contributed by atoms with Crippen LogP contribution in [-0.4, -0.2) is 61.2 Å². The minimum atomic E-state index is -0.336. The highest BCUT2D eigenvalue weighted by atomic mass is 32.1. The van der Waals surface area contributed by atoms with E-state index in [4.69, 9.17) is 14.5 Å². The molecule has 2 atom stereocenters. The summed E-state index contributed by atoms with van der Waals surface area (Å²) >= 11 is 1.47. The second-order valence-electron chi connectivity index (χ2n) is 12.0. The molecule has 8 heteroatoms. The number of esters is 1. The van der Waals surface area contributed by atoms with Gasteiger partial charge in [0.25, 0.3) is 5.91 Å². The summed E-state index contributed by atoms with van der Waals surface area (Å²) < 4.78 is 10.6. The fourth-order valence-corrected chi connectivity index (χ4v) is 6.67. The first-order valence-corrected chi connectivity index (χ1v) is 15.3. The van der Waals surface area contributed by atoms with Gasteiger partial charge >= 0.3 is 5.97 Å². The predicted octanol–water partition coefficient (Wildman–Crippen LogP) is 5.82. The van der Waals surface area contributed by atoms with E-state index >= 15 is 0 Å². The highest BCUT2D eigenvalue weighted by Crippen LogP contribution is 2.38. The summed E-state index contributed by atoms with van der Waals surface area (Å²) in [5, 5.41) is 4.34. The molecular formula is C32H41N3O4S. The zero-order chi connectivity index (χ0) is 28.3. The third kappa shape index (κ3) is 6.73. The Balaban J connectivity index is 1.34. The molecule has 2 aromatic heterocycles. The molecule has 0 radical (unpaired) electrons. The van der Waals surface area contributed by atoms with E-state index in [-0.39, 0.29) is 23.3 Å². The van der Waals surface area contributed by atoms with Crippen molar-refractivity contribution in [3.8, 4) is 0 Å². The molecule has 214 valence electrons. The summed E-state index contributed by atoms with van der Waals surface area (Å²) in [5.41, 5.74) is 4.27. The fourth-order valence-electron chi connectivity index (χ4n) is 5.73. The van der Waals surface area contributed by atoms with Gasteiger partial charge in [-0.15, -0.1) is 11.3 Å². The molecule has 0 spiro atoms. The van der Waals surface area contributed by atoms with Crippen LogP contribution in [0.2, 0.25) is 0 Å².